The van der Waals surface area contributed by atoms with Crippen LogP contribution in [0.4, 0.5) is 0 Å². The molecule has 1 aliphatic rings. The van der Waals surface area contributed by atoms with Crippen LogP contribution in [0.2, 0.25) is 0 Å². The van der Waals surface area contributed by atoms with Crippen LogP contribution in [0.25, 0.3) is 0 Å². The van der Waals surface area contributed by atoms with Gasteiger partial charge in [0, 0.05) is 26.7 Å². The first kappa shape index (κ1) is 14.8. The van der Waals surface area contributed by atoms with Crippen molar-refractivity contribution in [1.82, 2.24) is 15.5 Å². The maximum atomic E-state index is 11.5. The second-order valence-corrected chi connectivity index (χ2v) is 5.20. The molecular weight excluding hydrogens is 228 g/mol. The number of carbonyl (C=O) groups is 1. The number of carbonyl (C=O) groups excluding carboxylic acids is 1. The lowest BCUT2D eigenvalue weighted by atomic mass is 10.3. The molecule has 0 aromatic heterocycles. The summed E-state index contributed by atoms with van der Waals surface area (Å²) >= 11 is 0. The monoisotopic (exact) mass is 254 g/mol. The fourth-order valence-electron chi connectivity index (χ4n) is 1.52. The van der Waals surface area contributed by atoms with Crippen molar-refractivity contribution < 1.29 is 4.79 Å². The van der Waals surface area contributed by atoms with Gasteiger partial charge in [0.1, 0.15) is 6.54 Å². The molecule has 2 unspecified atom stereocenters. The van der Waals surface area contributed by atoms with Crippen molar-refractivity contribution in [1.29, 1.82) is 0 Å². The second-order valence-electron chi connectivity index (χ2n) is 5.20. The highest BCUT2D eigenvalue weighted by atomic mass is 16.2. The fourth-order valence-corrected chi connectivity index (χ4v) is 1.52. The van der Waals surface area contributed by atoms with Gasteiger partial charge in [0.25, 0.3) is 0 Å². The van der Waals surface area contributed by atoms with E-state index in [1.807, 2.05) is 0 Å². The SMILES string of the molecule is CCCCNC(=NCC(=O)N(C)C)NC1CC1C. The van der Waals surface area contributed by atoms with Gasteiger partial charge in [0.15, 0.2) is 5.96 Å². The topological polar surface area (TPSA) is 56.7 Å². The van der Waals surface area contributed by atoms with Crippen LogP contribution in [0.3, 0.4) is 0 Å². The lowest BCUT2D eigenvalue weighted by molar-refractivity contribution is -0.127. The summed E-state index contributed by atoms with van der Waals surface area (Å²) in [5.41, 5.74) is 0. The molecule has 18 heavy (non-hydrogen) atoms. The lowest BCUT2D eigenvalue weighted by Crippen LogP contribution is -2.40. The molecule has 0 radical (unpaired) electrons. The summed E-state index contributed by atoms with van der Waals surface area (Å²) < 4.78 is 0. The number of nitrogens with zero attached hydrogens (tertiary/aromatic N) is 2. The third kappa shape index (κ3) is 5.38. The molecule has 0 aromatic carbocycles. The number of aliphatic imine (C=N–C) groups is 1. The predicted octanol–water partition coefficient (Wildman–Crippen LogP) is 0.818. The Morgan fingerprint density at radius 1 is 1.44 bits per heavy atom. The zero-order valence-corrected chi connectivity index (χ0v) is 12.0. The van der Waals surface area contributed by atoms with Gasteiger partial charge >= 0.3 is 0 Å². The van der Waals surface area contributed by atoms with E-state index in [1.165, 1.54) is 6.42 Å². The van der Waals surface area contributed by atoms with E-state index in [0.29, 0.717) is 12.0 Å². The highest BCUT2D eigenvalue weighted by Gasteiger charge is 2.33. The van der Waals surface area contributed by atoms with Crippen LogP contribution in [0.1, 0.15) is 33.1 Å². The molecule has 0 bridgehead atoms. The van der Waals surface area contributed by atoms with E-state index in [2.05, 4.69) is 29.5 Å². The molecule has 1 amide bonds. The molecule has 2 N–H and O–H groups in total. The lowest BCUT2D eigenvalue weighted by Gasteiger charge is -2.13. The Hall–Kier alpha value is -1.26. The van der Waals surface area contributed by atoms with Gasteiger partial charge in [0.05, 0.1) is 0 Å². The molecule has 0 aliphatic heterocycles. The molecular formula is C13H26N4O. The summed E-state index contributed by atoms with van der Waals surface area (Å²) in [6.45, 7) is 5.48. The average molecular weight is 254 g/mol. The predicted molar refractivity (Wildman–Crippen MR) is 74.6 cm³/mol. The Bertz CT molecular complexity index is 301. The normalized spacial score (nSPS) is 22.6. The van der Waals surface area contributed by atoms with Crippen molar-refractivity contribution >= 4 is 11.9 Å². The number of hydrogen-bond acceptors (Lipinski definition) is 2. The Morgan fingerprint density at radius 2 is 2.11 bits per heavy atom. The van der Waals surface area contributed by atoms with E-state index in [-0.39, 0.29) is 12.5 Å². The minimum absolute atomic E-state index is 0.0236. The fraction of sp³-hybridized carbons (Fsp3) is 0.846. The van der Waals surface area contributed by atoms with Crippen molar-refractivity contribution in [3.63, 3.8) is 0 Å². The van der Waals surface area contributed by atoms with Crippen molar-refractivity contribution in [2.75, 3.05) is 27.2 Å². The number of amides is 1. The van der Waals surface area contributed by atoms with E-state index in [1.54, 1.807) is 19.0 Å². The van der Waals surface area contributed by atoms with E-state index in [0.717, 1.165) is 25.3 Å². The molecule has 0 spiro atoms. The third-order valence-corrected chi connectivity index (χ3v) is 3.13. The molecule has 0 heterocycles. The maximum Gasteiger partial charge on any atom is 0.243 e. The zero-order chi connectivity index (χ0) is 13.5. The molecule has 5 heteroatoms. The van der Waals surface area contributed by atoms with Crippen molar-refractivity contribution in [3.05, 3.63) is 0 Å². The van der Waals surface area contributed by atoms with Gasteiger partial charge in [0.2, 0.25) is 5.91 Å². The van der Waals surface area contributed by atoms with Crippen LogP contribution in [0, 0.1) is 5.92 Å². The van der Waals surface area contributed by atoms with E-state index in [9.17, 15) is 4.79 Å². The third-order valence-electron chi connectivity index (χ3n) is 3.13. The number of guanidine groups is 1. The van der Waals surface area contributed by atoms with Crippen molar-refractivity contribution in [2.45, 2.75) is 39.2 Å². The summed E-state index contributed by atoms with van der Waals surface area (Å²) in [7, 11) is 3.50. The summed E-state index contributed by atoms with van der Waals surface area (Å²) in [6, 6.07) is 0.521. The van der Waals surface area contributed by atoms with Crippen LogP contribution < -0.4 is 10.6 Å². The minimum atomic E-state index is 0.0236. The Balaban J connectivity index is 2.41. The van der Waals surface area contributed by atoms with E-state index in [4.69, 9.17) is 0 Å². The quantitative estimate of drug-likeness (QED) is 0.419. The van der Waals surface area contributed by atoms with Crippen LogP contribution in [-0.2, 0) is 4.79 Å². The summed E-state index contributed by atoms with van der Waals surface area (Å²) in [6.07, 6.45) is 3.45. The van der Waals surface area contributed by atoms with Crippen LogP contribution >= 0.6 is 0 Å². The van der Waals surface area contributed by atoms with Crippen LogP contribution in [-0.4, -0.2) is 50.0 Å². The number of likely N-dealkylation sites (N-methyl/N-ethyl adjacent to an activating group) is 1. The highest BCUT2D eigenvalue weighted by Crippen LogP contribution is 2.28. The smallest absolute Gasteiger partial charge is 0.243 e. The Morgan fingerprint density at radius 3 is 2.61 bits per heavy atom. The maximum absolute atomic E-state index is 11.5. The van der Waals surface area contributed by atoms with Gasteiger partial charge in [-0.2, -0.15) is 0 Å². The highest BCUT2D eigenvalue weighted by molar-refractivity contribution is 5.85. The molecule has 104 valence electrons. The van der Waals surface area contributed by atoms with Gasteiger partial charge in [-0.3, -0.25) is 4.79 Å². The van der Waals surface area contributed by atoms with Gasteiger partial charge in [-0.1, -0.05) is 20.3 Å². The van der Waals surface area contributed by atoms with E-state index >= 15 is 0 Å². The van der Waals surface area contributed by atoms with Gasteiger partial charge in [-0.15, -0.1) is 0 Å². The van der Waals surface area contributed by atoms with Gasteiger partial charge < -0.3 is 15.5 Å². The molecule has 1 aliphatic carbocycles. The molecule has 0 saturated heterocycles. The molecule has 5 nitrogen and oxygen atoms in total. The van der Waals surface area contributed by atoms with Crippen molar-refractivity contribution in [3.8, 4) is 0 Å². The van der Waals surface area contributed by atoms with E-state index < -0.39 is 0 Å². The summed E-state index contributed by atoms with van der Waals surface area (Å²) in [4.78, 5) is 17.4. The van der Waals surface area contributed by atoms with Crippen LogP contribution in [0.15, 0.2) is 4.99 Å². The number of hydrogen-bond donors (Lipinski definition) is 2. The Kier molecular flexibility index (Phi) is 5.95. The van der Waals surface area contributed by atoms with Crippen molar-refractivity contribution in [2.24, 2.45) is 10.9 Å². The zero-order valence-electron chi connectivity index (χ0n) is 12.0. The van der Waals surface area contributed by atoms with Crippen LogP contribution in [0.5, 0.6) is 0 Å². The van der Waals surface area contributed by atoms with Gasteiger partial charge in [-0.25, -0.2) is 4.99 Å². The van der Waals surface area contributed by atoms with Gasteiger partial charge in [-0.05, 0) is 18.8 Å². The molecule has 0 aromatic rings. The number of unbranched alkanes of at least 4 members (excludes halogenated alkanes) is 1. The Labute approximate surface area is 110 Å². The molecule has 1 rings (SSSR count). The standard InChI is InChI=1S/C13H26N4O/c1-5-6-7-14-13(16-11-8-10(11)2)15-9-12(18)17(3)4/h10-11H,5-9H2,1-4H3,(H2,14,15,16). The first-order chi connectivity index (χ1) is 8.54. The average Bonchev–Trinajstić information content (AvgIpc) is 3.01. The molecule has 2 atom stereocenters. The molecule has 1 saturated carbocycles. The first-order valence-electron chi connectivity index (χ1n) is 6.79. The minimum Gasteiger partial charge on any atom is -0.356 e. The summed E-state index contributed by atoms with van der Waals surface area (Å²) in [5, 5.41) is 6.64. The summed E-state index contributed by atoms with van der Waals surface area (Å²) in [5.74, 6) is 1.51. The largest absolute Gasteiger partial charge is 0.356 e. The number of nitrogens with one attached hydrogen (secondary N) is 2. The second kappa shape index (κ2) is 7.24. The number of rotatable bonds is 6. The molecule has 1 fully saturated rings. The first-order valence-corrected chi connectivity index (χ1v) is 6.79.